The molecule has 0 fully saturated rings. The van der Waals surface area contributed by atoms with Gasteiger partial charge in [-0.3, -0.25) is 0 Å². The molecule has 0 nitrogen and oxygen atoms in total. The second-order valence-electron chi connectivity index (χ2n) is 5.97. The fourth-order valence-corrected chi connectivity index (χ4v) is 2.94. The number of rotatable bonds is 5. The Morgan fingerprint density at radius 1 is 0.810 bits per heavy atom. The lowest BCUT2D eigenvalue weighted by Crippen LogP contribution is -1.99. The highest BCUT2D eigenvalue weighted by molar-refractivity contribution is 6.42. The summed E-state index contributed by atoms with van der Waals surface area (Å²) in [6, 6.07) is 14.8. The molecule has 0 aliphatic carbocycles. The number of hydrogen-bond acceptors (Lipinski definition) is 0. The lowest BCUT2D eigenvalue weighted by molar-refractivity contribution is 0.573. The summed E-state index contributed by atoms with van der Waals surface area (Å²) in [4.78, 5) is 0. The predicted octanol–water partition coefficient (Wildman–Crippen LogP) is 6.99. The average molecular weight is 321 g/mol. The van der Waals surface area contributed by atoms with Crippen molar-refractivity contribution in [1.29, 1.82) is 0 Å². The maximum Gasteiger partial charge on any atom is 0.0595 e. The Bertz CT molecular complexity index is 604. The standard InChI is InChI=1S/C19H22Cl2/c1-13-5-4-6-16(11-13)14(2)7-8-15(3)17-9-10-18(20)19(21)12-17/h4-6,9-12,14-15H,7-8H2,1-3H3. The van der Waals surface area contributed by atoms with Crippen molar-refractivity contribution in [1.82, 2.24) is 0 Å². The highest BCUT2D eigenvalue weighted by Crippen LogP contribution is 2.31. The van der Waals surface area contributed by atoms with Crippen molar-refractivity contribution < 1.29 is 0 Å². The zero-order valence-electron chi connectivity index (χ0n) is 12.9. The first-order valence-electron chi connectivity index (χ1n) is 7.49. The van der Waals surface area contributed by atoms with Crippen LogP contribution in [-0.4, -0.2) is 0 Å². The molecule has 0 aliphatic heterocycles. The first kappa shape index (κ1) is 16.4. The summed E-state index contributed by atoms with van der Waals surface area (Å²) in [6.07, 6.45) is 2.32. The predicted molar refractivity (Wildman–Crippen MR) is 93.7 cm³/mol. The third-order valence-electron chi connectivity index (χ3n) is 4.16. The molecule has 2 rings (SSSR count). The van der Waals surface area contributed by atoms with Gasteiger partial charge in [0, 0.05) is 0 Å². The molecule has 2 aromatic carbocycles. The van der Waals surface area contributed by atoms with Gasteiger partial charge in [0.25, 0.3) is 0 Å². The summed E-state index contributed by atoms with van der Waals surface area (Å²) in [6.45, 7) is 6.70. The van der Waals surface area contributed by atoms with Crippen molar-refractivity contribution >= 4 is 23.2 Å². The van der Waals surface area contributed by atoms with Crippen molar-refractivity contribution in [3.63, 3.8) is 0 Å². The molecule has 2 aromatic rings. The third kappa shape index (κ3) is 4.49. The summed E-state index contributed by atoms with van der Waals surface area (Å²) in [5, 5.41) is 1.27. The summed E-state index contributed by atoms with van der Waals surface area (Å²) < 4.78 is 0. The third-order valence-corrected chi connectivity index (χ3v) is 4.90. The Hall–Kier alpha value is -0.980. The molecule has 2 atom stereocenters. The minimum atomic E-state index is 0.493. The molecule has 0 spiro atoms. The molecule has 112 valence electrons. The molecule has 0 bridgehead atoms. The highest BCUT2D eigenvalue weighted by atomic mass is 35.5. The number of halogens is 2. The minimum absolute atomic E-state index is 0.493. The minimum Gasteiger partial charge on any atom is -0.0827 e. The van der Waals surface area contributed by atoms with Crippen LogP contribution in [0.25, 0.3) is 0 Å². The van der Waals surface area contributed by atoms with E-state index >= 15 is 0 Å². The summed E-state index contributed by atoms with van der Waals surface area (Å²) in [5.41, 5.74) is 4.02. The van der Waals surface area contributed by atoms with Crippen LogP contribution in [0, 0.1) is 6.92 Å². The van der Waals surface area contributed by atoms with Crippen molar-refractivity contribution in [3.05, 3.63) is 69.2 Å². The zero-order chi connectivity index (χ0) is 15.4. The van der Waals surface area contributed by atoms with Gasteiger partial charge in [0.15, 0.2) is 0 Å². The Kier molecular flexibility index (Phi) is 5.72. The van der Waals surface area contributed by atoms with E-state index in [1.165, 1.54) is 23.1 Å². The van der Waals surface area contributed by atoms with Crippen LogP contribution in [0.4, 0.5) is 0 Å². The quantitative estimate of drug-likeness (QED) is 0.556. The van der Waals surface area contributed by atoms with E-state index in [-0.39, 0.29) is 0 Å². The van der Waals surface area contributed by atoms with E-state index in [0.29, 0.717) is 21.9 Å². The molecule has 21 heavy (non-hydrogen) atoms. The first-order chi connectivity index (χ1) is 9.97. The van der Waals surface area contributed by atoms with Crippen LogP contribution in [0.5, 0.6) is 0 Å². The zero-order valence-corrected chi connectivity index (χ0v) is 14.4. The second-order valence-corrected chi connectivity index (χ2v) is 6.78. The van der Waals surface area contributed by atoms with Crippen LogP contribution in [-0.2, 0) is 0 Å². The Morgan fingerprint density at radius 2 is 1.43 bits per heavy atom. The molecule has 0 radical (unpaired) electrons. The fourth-order valence-electron chi connectivity index (χ4n) is 2.63. The largest absolute Gasteiger partial charge is 0.0827 e. The van der Waals surface area contributed by atoms with Crippen LogP contribution in [0.3, 0.4) is 0 Å². The van der Waals surface area contributed by atoms with Gasteiger partial charge in [-0.1, -0.05) is 72.9 Å². The normalized spacial score (nSPS) is 14.0. The van der Waals surface area contributed by atoms with Gasteiger partial charge < -0.3 is 0 Å². The maximum absolute atomic E-state index is 6.10. The average Bonchev–Trinajstić information content (AvgIpc) is 2.47. The van der Waals surface area contributed by atoms with E-state index in [2.05, 4.69) is 51.1 Å². The molecule has 2 heteroatoms. The number of aryl methyl sites for hydroxylation is 1. The van der Waals surface area contributed by atoms with Gasteiger partial charge in [0.1, 0.15) is 0 Å². The molecule has 0 N–H and O–H groups in total. The molecular weight excluding hydrogens is 299 g/mol. The Labute approximate surface area is 138 Å². The maximum atomic E-state index is 6.10. The van der Waals surface area contributed by atoms with Crippen molar-refractivity contribution in [2.24, 2.45) is 0 Å². The Morgan fingerprint density at radius 3 is 2.00 bits per heavy atom. The van der Waals surface area contributed by atoms with E-state index in [1.807, 2.05) is 12.1 Å². The van der Waals surface area contributed by atoms with E-state index in [0.717, 1.165) is 6.42 Å². The topological polar surface area (TPSA) is 0 Å². The molecule has 0 saturated carbocycles. The molecule has 0 saturated heterocycles. The van der Waals surface area contributed by atoms with Crippen LogP contribution in [0.2, 0.25) is 10.0 Å². The second kappa shape index (κ2) is 7.33. The van der Waals surface area contributed by atoms with Crippen LogP contribution in [0.1, 0.15) is 55.2 Å². The summed E-state index contributed by atoms with van der Waals surface area (Å²) in [5.74, 6) is 1.07. The van der Waals surface area contributed by atoms with Gasteiger partial charge >= 0.3 is 0 Å². The van der Waals surface area contributed by atoms with Gasteiger partial charge in [0.05, 0.1) is 10.0 Å². The van der Waals surface area contributed by atoms with Crippen LogP contribution in [0.15, 0.2) is 42.5 Å². The van der Waals surface area contributed by atoms with Gasteiger partial charge in [0.2, 0.25) is 0 Å². The Balaban J connectivity index is 1.97. The van der Waals surface area contributed by atoms with Crippen LogP contribution < -0.4 is 0 Å². The van der Waals surface area contributed by atoms with E-state index in [9.17, 15) is 0 Å². The summed E-state index contributed by atoms with van der Waals surface area (Å²) in [7, 11) is 0. The molecule has 0 aromatic heterocycles. The highest BCUT2D eigenvalue weighted by Gasteiger charge is 2.11. The van der Waals surface area contributed by atoms with Crippen LogP contribution >= 0.6 is 23.2 Å². The molecule has 0 aliphatic rings. The lowest BCUT2D eigenvalue weighted by Gasteiger charge is -2.17. The van der Waals surface area contributed by atoms with Gasteiger partial charge in [-0.15, -0.1) is 0 Å². The molecule has 0 heterocycles. The van der Waals surface area contributed by atoms with Gasteiger partial charge in [-0.25, -0.2) is 0 Å². The van der Waals surface area contributed by atoms with E-state index in [1.54, 1.807) is 0 Å². The molecular formula is C19H22Cl2. The van der Waals surface area contributed by atoms with Gasteiger partial charge in [-0.2, -0.15) is 0 Å². The van der Waals surface area contributed by atoms with Gasteiger partial charge in [-0.05, 0) is 54.9 Å². The number of benzene rings is 2. The smallest absolute Gasteiger partial charge is 0.0595 e. The molecule has 0 amide bonds. The number of hydrogen-bond donors (Lipinski definition) is 0. The fraction of sp³-hybridized carbons (Fsp3) is 0.368. The van der Waals surface area contributed by atoms with Crippen molar-refractivity contribution in [2.45, 2.75) is 45.4 Å². The first-order valence-corrected chi connectivity index (χ1v) is 8.24. The monoisotopic (exact) mass is 320 g/mol. The van der Waals surface area contributed by atoms with E-state index in [4.69, 9.17) is 23.2 Å². The lowest BCUT2D eigenvalue weighted by atomic mass is 9.89. The van der Waals surface area contributed by atoms with Crippen molar-refractivity contribution in [2.75, 3.05) is 0 Å². The molecule has 2 unspecified atom stereocenters. The van der Waals surface area contributed by atoms with Crippen molar-refractivity contribution in [3.8, 4) is 0 Å². The SMILES string of the molecule is Cc1cccc(C(C)CCC(C)c2ccc(Cl)c(Cl)c2)c1. The van der Waals surface area contributed by atoms with E-state index < -0.39 is 0 Å². The summed E-state index contributed by atoms with van der Waals surface area (Å²) >= 11 is 12.1.